The lowest BCUT2D eigenvalue weighted by Gasteiger charge is -2.17. The molecule has 2 heterocycles. The Morgan fingerprint density at radius 1 is 1.16 bits per heavy atom. The van der Waals surface area contributed by atoms with Gasteiger partial charge in [0.15, 0.2) is 0 Å². The van der Waals surface area contributed by atoms with E-state index in [0.717, 1.165) is 13.1 Å². The fourth-order valence-corrected chi connectivity index (χ4v) is 5.99. The van der Waals surface area contributed by atoms with E-state index < -0.39 is 0 Å². The molecule has 0 amide bonds. The average molecular weight is 418 g/mol. The molecule has 0 bridgehead atoms. The number of hydrogen-bond donors (Lipinski definition) is 2. The third-order valence-electron chi connectivity index (χ3n) is 2.98. The van der Waals surface area contributed by atoms with Crippen LogP contribution in [0.4, 0.5) is 0 Å². The minimum atomic E-state index is -0.0146. The van der Waals surface area contributed by atoms with Crippen molar-refractivity contribution in [2.45, 2.75) is 6.04 Å². The van der Waals surface area contributed by atoms with Crippen LogP contribution >= 0.6 is 54.5 Å². The van der Waals surface area contributed by atoms with Crippen LogP contribution in [0.2, 0.25) is 0 Å². The van der Waals surface area contributed by atoms with Gasteiger partial charge in [0.25, 0.3) is 0 Å². The number of rotatable bonds is 3. The Labute approximate surface area is 135 Å². The van der Waals surface area contributed by atoms with Gasteiger partial charge in [0.05, 0.1) is 13.6 Å². The molecule has 3 rings (SSSR count). The molecule has 0 aliphatic rings. The van der Waals surface area contributed by atoms with Gasteiger partial charge in [0.1, 0.15) is 0 Å². The van der Waals surface area contributed by atoms with Crippen LogP contribution < -0.4 is 11.3 Å². The first-order valence-corrected chi connectivity index (χ1v) is 8.86. The van der Waals surface area contributed by atoms with Crippen molar-refractivity contribution in [1.82, 2.24) is 5.43 Å². The summed E-state index contributed by atoms with van der Waals surface area (Å²) in [7, 11) is 0. The molecule has 3 aromatic rings. The van der Waals surface area contributed by atoms with Crippen LogP contribution in [0.5, 0.6) is 0 Å². The maximum Gasteiger partial charge on any atom is 0.0762 e. The number of thiophene rings is 2. The predicted octanol–water partition coefficient (Wildman–Crippen LogP) is 5.04. The van der Waals surface area contributed by atoms with Crippen LogP contribution in [-0.2, 0) is 0 Å². The van der Waals surface area contributed by atoms with Gasteiger partial charge < -0.3 is 0 Å². The Bertz CT molecular complexity index is 720. The number of nitrogens with two attached hydrogens (primary N) is 1. The third-order valence-corrected chi connectivity index (χ3v) is 6.35. The smallest absolute Gasteiger partial charge is 0.0762 e. The number of halogens is 2. The largest absolute Gasteiger partial charge is 0.271 e. The molecule has 1 aromatic carbocycles. The highest BCUT2D eigenvalue weighted by atomic mass is 79.9. The van der Waals surface area contributed by atoms with E-state index in [4.69, 9.17) is 5.84 Å². The molecule has 6 heteroatoms. The van der Waals surface area contributed by atoms with Gasteiger partial charge >= 0.3 is 0 Å². The second-order valence-electron chi connectivity index (χ2n) is 4.07. The Morgan fingerprint density at radius 3 is 2.68 bits per heavy atom. The molecular formula is C13H10Br2N2S2. The molecule has 0 spiro atoms. The van der Waals surface area contributed by atoms with Crippen molar-refractivity contribution in [2.24, 2.45) is 5.84 Å². The van der Waals surface area contributed by atoms with Gasteiger partial charge in [-0.15, -0.1) is 22.7 Å². The SMILES string of the molecule is NNC(c1cc(Br)sc1Br)c1cccc2ccsc12. The topological polar surface area (TPSA) is 38.0 Å². The molecule has 0 saturated carbocycles. The fourth-order valence-electron chi connectivity index (χ4n) is 2.14. The number of hydrogen-bond acceptors (Lipinski definition) is 4. The zero-order chi connectivity index (χ0) is 13.4. The van der Waals surface area contributed by atoms with Gasteiger partial charge in [0, 0.05) is 10.3 Å². The lowest BCUT2D eigenvalue weighted by Crippen LogP contribution is -2.28. The van der Waals surface area contributed by atoms with E-state index in [2.05, 4.69) is 73.0 Å². The highest BCUT2D eigenvalue weighted by Crippen LogP contribution is 2.40. The van der Waals surface area contributed by atoms with E-state index in [1.54, 1.807) is 22.7 Å². The first-order chi connectivity index (χ1) is 9.20. The van der Waals surface area contributed by atoms with Crippen LogP contribution in [0.1, 0.15) is 17.2 Å². The van der Waals surface area contributed by atoms with Gasteiger partial charge in [-0.1, -0.05) is 18.2 Å². The maximum absolute atomic E-state index is 5.80. The van der Waals surface area contributed by atoms with Gasteiger partial charge in [-0.2, -0.15) is 0 Å². The highest BCUT2D eigenvalue weighted by Gasteiger charge is 2.20. The second-order valence-corrected chi connectivity index (χ2v) is 8.73. The number of hydrazine groups is 1. The monoisotopic (exact) mass is 416 g/mol. The molecular weight excluding hydrogens is 408 g/mol. The van der Waals surface area contributed by atoms with Crippen molar-refractivity contribution in [1.29, 1.82) is 0 Å². The normalized spacial score (nSPS) is 13.0. The molecule has 0 saturated heterocycles. The summed E-state index contributed by atoms with van der Waals surface area (Å²) in [6, 6.07) is 10.5. The molecule has 0 aliphatic heterocycles. The van der Waals surface area contributed by atoms with E-state index >= 15 is 0 Å². The van der Waals surface area contributed by atoms with Gasteiger partial charge in [-0.05, 0) is 60.3 Å². The molecule has 1 unspecified atom stereocenters. The zero-order valence-electron chi connectivity index (χ0n) is 9.69. The van der Waals surface area contributed by atoms with Crippen LogP contribution in [0.3, 0.4) is 0 Å². The summed E-state index contributed by atoms with van der Waals surface area (Å²) in [5.41, 5.74) is 5.30. The molecule has 19 heavy (non-hydrogen) atoms. The van der Waals surface area contributed by atoms with Crippen molar-refractivity contribution in [2.75, 3.05) is 0 Å². The minimum absolute atomic E-state index is 0.0146. The van der Waals surface area contributed by atoms with Crippen molar-refractivity contribution in [3.8, 4) is 0 Å². The van der Waals surface area contributed by atoms with Crippen LogP contribution in [-0.4, -0.2) is 0 Å². The summed E-state index contributed by atoms with van der Waals surface area (Å²) in [5, 5.41) is 3.37. The van der Waals surface area contributed by atoms with E-state index in [1.807, 2.05) is 0 Å². The van der Waals surface area contributed by atoms with E-state index in [0.29, 0.717) is 0 Å². The van der Waals surface area contributed by atoms with Gasteiger partial charge in [-0.25, -0.2) is 5.43 Å². The standard InChI is InChI=1S/C13H10Br2N2S2/c14-10-6-9(13(15)19-10)11(17-16)8-3-1-2-7-4-5-18-12(7)8/h1-6,11,17H,16H2. The lowest BCUT2D eigenvalue weighted by atomic mass is 10.0. The first-order valence-electron chi connectivity index (χ1n) is 5.57. The molecule has 3 N–H and O–H groups in total. The molecule has 0 radical (unpaired) electrons. The van der Waals surface area contributed by atoms with E-state index in [1.165, 1.54) is 15.6 Å². The minimum Gasteiger partial charge on any atom is -0.271 e. The fraction of sp³-hybridized carbons (Fsp3) is 0.0769. The molecule has 1 atom stereocenters. The second kappa shape index (κ2) is 5.63. The van der Waals surface area contributed by atoms with Crippen molar-refractivity contribution in [3.05, 3.63) is 54.4 Å². The van der Waals surface area contributed by atoms with Crippen molar-refractivity contribution >= 4 is 64.6 Å². The summed E-state index contributed by atoms with van der Waals surface area (Å²) in [5.74, 6) is 5.80. The molecule has 98 valence electrons. The van der Waals surface area contributed by atoms with E-state index in [-0.39, 0.29) is 6.04 Å². The maximum atomic E-state index is 5.80. The molecule has 0 aliphatic carbocycles. The molecule has 0 fully saturated rings. The van der Waals surface area contributed by atoms with Crippen LogP contribution in [0.15, 0.2) is 43.3 Å². The van der Waals surface area contributed by atoms with Gasteiger partial charge in [0.2, 0.25) is 0 Å². The van der Waals surface area contributed by atoms with Crippen LogP contribution in [0.25, 0.3) is 10.1 Å². The average Bonchev–Trinajstić information content (AvgIpc) is 2.98. The summed E-state index contributed by atoms with van der Waals surface area (Å²) in [6.07, 6.45) is 0. The van der Waals surface area contributed by atoms with Crippen molar-refractivity contribution in [3.63, 3.8) is 0 Å². The summed E-state index contributed by atoms with van der Waals surface area (Å²) < 4.78 is 3.46. The molecule has 2 aromatic heterocycles. The predicted molar refractivity (Wildman–Crippen MR) is 90.7 cm³/mol. The third kappa shape index (κ3) is 2.53. The van der Waals surface area contributed by atoms with Crippen LogP contribution in [0, 0.1) is 0 Å². The summed E-state index contributed by atoms with van der Waals surface area (Å²) in [6.45, 7) is 0. The molecule has 2 nitrogen and oxygen atoms in total. The summed E-state index contributed by atoms with van der Waals surface area (Å²) in [4.78, 5) is 0. The first kappa shape index (κ1) is 13.7. The summed E-state index contributed by atoms with van der Waals surface area (Å²) >= 11 is 10.5. The number of fused-ring (bicyclic) bond motifs is 1. The number of benzene rings is 1. The lowest BCUT2D eigenvalue weighted by molar-refractivity contribution is 0.641. The Morgan fingerprint density at radius 2 is 2.00 bits per heavy atom. The Kier molecular flexibility index (Phi) is 4.07. The Balaban J connectivity index is 2.17. The quantitative estimate of drug-likeness (QED) is 0.462. The van der Waals surface area contributed by atoms with Crippen molar-refractivity contribution < 1.29 is 0 Å². The Hall–Kier alpha value is -0.240. The zero-order valence-corrected chi connectivity index (χ0v) is 14.5. The number of nitrogens with one attached hydrogen (secondary N) is 1. The van der Waals surface area contributed by atoms with E-state index in [9.17, 15) is 0 Å². The highest BCUT2D eigenvalue weighted by molar-refractivity contribution is 9.12. The van der Waals surface area contributed by atoms with Gasteiger partial charge in [-0.3, -0.25) is 5.84 Å².